The van der Waals surface area contributed by atoms with Crippen LogP contribution in [-0.2, 0) is 15.0 Å². The van der Waals surface area contributed by atoms with Crippen LogP contribution in [0.3, 0.4) is 0 Å². The summed E-state index contributed by atoms with van der Waals surface area (Å²) in [5.74, 6) is -0.152. The van der Waals surface area contributed by atoms with Gasteiger partial charge in [-0.2, -0.15) is 5.10 Å². The summed E-state index contributed by atoms with van der Waals surface area (Å²) in [4.78, 5) is 22.6. The van der Waals surface area contributed by atoms with E-state index in [0.29, 0.717) is 5.82 Å². The standard InChI is InChI=1S/C19H25N3O4/c1-19(2,3)15-12-16(20-17(23)6-5-7-18(24)25)22(21-15)13-8-10-14(26-4)11-9-13/h8-12H,5-7H2,1-4H3,(H,20,23)(H,24,25)/p-1. The maximum atomic E-state index is 12.2. The monoisotopic (exact) mass is 358 g/mol. The molecule has 1 amide bonds. The van der Waals surface area contributed by atoms with Crippen LogP contribution in [0.15, 0.2) is 30.3 Å². The highest BCUT2D eigenvalue weighted by Crippen LogP contribution is 2.27. The molecule has 0 atom stereocenters. The van der Waals surface area contributed by atoms with Crippen molar-refractivity contribution in [3.63, 3.8) is 0 Å². The number of amides is 1. The Balaban J connectivity index is 2.26. The molecular formula is C19H24N3O4-. The largest absolute Gasteiger partial charge is 0.550 e. The minimum atomic E-state index is -1.16. The molecule has 1 aromatic heterocycles. The number of hydrogen-bond acceptors (Lipinski definition) is 5. The van der Waals surface area contributed by atoms with E-state index in [-0.39, 0.29) is 30.6 Å². The molecule has 0 spiro atoms. The van der Waals surface area contributed by atoms with Gasteiger partial charge in [-0.1, -0.05) is 20.8 Å². The van der Waals surface area contributed by atoms with E-state index in [1.807, 2.05) is 51.1 Å². The number of carbonyl (C=O) groups is 2. The predicted octanol–water partition coefficient (Wildman–Crippen LogP) is 2.04. The number of ether oxygens (including phenoxy) is 1. The lowest BCUT2D eigenvalue weighted by atomic mass is 9.92. The summed E-state index contributed by atoms with van der Waals surface area (Å²) in [6, 6.07) is 9.17. The summed E-state index contributed by atoms with van der Waals surface area (Å²) in [7, 11) is 1.60. The molecule has 2 aromatic rings. The predicted molar refractivity (Wildman–Crippen MR) is 96.3 cm³/mol. The molecule has 7 nitrogen and oxygen atoms in total. The van der Waals surface area contributed by atoms with Crippen LogP contribution in [0.1, 0.15) is 45.7 Å². The van der Waals surface area contributed by atoms with Crippen molar-refractivity contribution in [1.82, 2.24) is 9.78 Å². The van der Waals surface area contributed by atoms with Crippen LogP contribution in [0.25, 0.3) is 5.69 Å². The van der Waals surface area contributed by atoms with Gasteiger partial charge in [0, 0.05) is 23.9 Å². The molecule has 1 heterocycles. The Bertz CT molecular complexity index is 773. The van der Waals surface area contributed by atoms with E-state index in [2.05, 4.69) is 10.4 Å². The van der Waals surface area contributed by atoms with Crippen molar-refractivity contribution in [2.75, 3.05) is 12.4 Å². The molecule has 0 bridgehead atoms. The first-order valence-corrected chi connectivity index (χ1v) is 8.45. The zero-order valence-electron chi connectivity index (χ0n) is 15.5. The Labute approximate surface area is 153 Å². The first-order valence-electron chi connectivity index (χ1n) is 8.45. The fourth-order valence-corrected chi connectivity index (χ4v) is 2.36. The maximum Gasteiger partial charge on any atom is 0.225 e. The molecule has 0 fully saturated rings. The van der Waals surface area contributed by atoms with Crippen LogP contribution in [0.4, 0.5) is 5.82 Å². The molecule has 0 aliphatic carbocycles. The Hall–Kier alpha value is -2.83. The average molecular weight is 358 g/mol. The van der Waals surface area contributed by atoms with Crippen LogP contribution < -0.4 is 15.2 Å². The number of methoxy groups -OCH3 is 1. The van der Waals surface area contributed by atoms with Crippen LogP contribution in [0.5, 0.6) is 5.75 Å². The smallest absolute Gasteiger partial charge is 0.225 e. The third-order valence-corrected chi connectivity index (χ3v) is 3.85. The van der Waals surface area contributed by atoms with E-state index >= 15 is 0 Å². The summed E-state index contributed by atoms with van der Waals surface area (Å²) in [5, 5.41) is 17.9. The second kappa shape index (κ2) is 8.03. The van der Waals surface area contributed by atoms with Crippen LogP contribution in [0, 0.1) is 0 Å². The van der Waals surface area contributed by atoms with Crippen molar-refractivity contribution < 1.29 is 19.4 Å². The normalized spacial score (nSPS) is 11.2. The van der Waals surface area contributed by atoms with Crippen LogP contribution >= 0.6 is 0 Å². The number of carboxylic acids is 1. The number of nitrogens with zero attached hydrogens (tertiary/aromatic N) is 2. The van der Waals surface area contributed by atoms with E-state index in [1.165, 1.54) is 0 Å². The second-order valence-corrected chi connectivity index (χ2v) is 7.05. The van der Waals surface area contributed by atoms with Crippen molar-refractivity contribution >= 4 is 17.7 Å². The first kappa shape index (κ1) is 19.5. The van der Waals surface area contributed by atoms with Gasteiger partial charge in [0.15, 0.2) is 0 Å². The Kier molecular flexibility index (Phi) is 6.02. The molecule has 0 saturated heterocycles. The number of carboxylic acid groups (broad SMARTS) is 1. The van der Waals surface area contributed by atoms with E-state index in [4.69, 9.17) is 4.74 Å². The first-order chi connectivity index (χ1) is 12.2. The minimum Gasteiger partial charge on any atom is -0.550 e. The molecule has 26 heavy (non-hydrogen) atoms. The molecule has 140 valence electrons. The lowest BCUT2D eigenvalue weighted by molar-refractivity contribution is -0.305. The van der Waals surface area contributed by atoms with Gasteiger partial charge in [0.05, 0.1) is 18.5 Å². The van der Waals surface area contributed by atoms with Gasteiger partial charge in [0.1, 0.15) is 11.6 Å². The van der Waals surface area contributed by atoms with E-state index < -0.39 is 5.97 Å². The van der Waals surface area contributed by atoms with Crippen molar-refractivity contribution in [3.8, 4) is 11.4 Å². The average Bonchev–Trinajstić information content (AvgIpc) is 2.98. The SMILES string of the molecule is COc1ccc(-n2nc(C(C)(C)C)cc2NC(=O)CCCC(=O)[O-])cc1. The van der Waals surface area contributed by atoms with Crippen LogP contribution in [-0.4, -0.2) is 28.8 Å². The van der Waals surface area contributed by atoms with Gasteiger partial charge in [0.25, 0.3) is 0 Å². The molecule has 0 unspecified atom stereocenters. The summed E-state index contributed by atoms with van der Waals surface area (Å²) >= 11 is 0. The number of carbonyl (C=O) groups excluding carboxylic acids is 2. The van der Waals surface area contributed by atoms with Crippen molar-refractivity contribution in [2.45, 2.75) is 45.4 Å². The highest BCUT2D eigenvalue weighted by molar-refractivity contribution is 5.90. The molecule has 0 aliphatic heterocycles. The summed E-state index contributed by atoms with van der Waals surface area (Å²) in [5.41, 5.74) is 1.43. The van der Waals surface area contributed by atoms with Crippen molar-refractivity contribution in [2.24, 2.45) is 0 Å². The minimum absolute atomic E-state index is 0.104. The van der Waals surface area contributed by atoms with Gasteiger partial charge in [0.2, 0.25) is 5.91 Å². The molecule has 1 aromatic carbocycles. The fraction of sp³-hybridized carbons (Fsp3) is 0.421. The number of rotatable bonds is 7. The number of hydrogen-bond donors (Lipinski definition) is 1. The van der Waals surface area contributed by atoms with Gasteiger partial charge in [-0.3, -0.25) is 4.79 Å². The zero-order valence-corrected chi connectivity index (χ0v) is 15.5. The van der Waals surface area contributed by atoms with Gasteiger partial charge in [-0.25, -0.2) is 4.68 Å². The number of aliphatic carboxylic acids is 1. The Morgan fingerprint density at radius 2 is 1.85 bits per heavy atom. The summed E-state index contributed by atoms with van der Waals surface area (Å²) in [6.45, 7) is 6.12. The third-order valence-electron chi connectivity index (χ3n) is 3.85. The molecular weight excluding hydrogens is 334 g/mol. The molecule has 1 N–H and O–H groups in total. The highest BCUT2D eigenvalue weighted by Gasteiger charge is 2.21. The van der Waals surface area contributed by atoms with Gasteiger partial charge in [-0.15, -0.1) is 0 Å². The van der Waals surface area contributed by atoms with Gasteiger partial charge in [-0.05, 0) is 37.1 Å². The van der Waals surface area contributed by atoms with E-state index in [9.17, 15) is 14.7 Å². The van der Waals surface area contributed by atoms with Crippen molar-refractivity contribution in [1.29, 1.82) is 0 Å². The third kappa shape index (κ3) is 5.08. The fourth-order valence-electron chi connectivity index (χ4n) is 2.36. The van der Waals surface area contributed by atoms with Crippen LogP contribution in [0.2, 0.25) is 0 Å². The second-order valence-electron chi connectivity index (χ2n) is 7.05. The van der Waals surface area contributed by atoms with Gasteiger partial charge < -0.3 is 20.0 Å². The Morgan fingerprint density at radius 1 is 1.19 bits per heavy atom. The number of anilines is 1. The Morgan fingerprint density at radius 3 is 2.38 bits per heavy atom. The topological polar surface area (TPSA) is 96.3 Å². The molecule has 0 aliphatic rings. The molecule has 0 saturated carbocycles. The summed E-state index contributed by atoms with van der Waals surface area (Å²) in [6.07, 6.45) is 0.196. The van der Waals surface area contributed by atoms with E-state index in [0.717, 1.165) is 17.1 Å². The lowest BCUT2D eigenvalue weighted by Crippen LogP contribution is -2.22. The number of aromatic nitrogens is 2. The quantitative estimate of drug-likeness (QED) is 0.817. The molecule has 7 heteroatoms. The van der Waals surface area contributed by atoms with Crippen molar-refractivity contribution in [3.05, 3.63) is 36.0 Å². The lowest BCUT2D eigenvalue weighted by Gasteiger charge is -2.14. The highest BCUT2D eigenvalue weighted by atomic mass is 16.5. The molecule has 2 rings (SSSR count). The summed E-state index contributed by atoms with van der Waals surface area (Å²) < 4.78 is 6.83. The van der Waals surface area contributed by atoms with Gasteiger partial charge >= 0.3 is 0 Å². The number of benzene rings is 1. The maximum absolute atomic E-state index is 12.2. The van der Waals surface area contributed by atoms with E-state index in [1.54, 1.807) is 11.8 Å². The number of nitrogens with one attached hydrogen (secondary N) is 1. The molecule has 0 radical (unpaired) electrons. The zero-order chi connectivity index (χ0) is 19.3.